The fourth-order valence-electron chi connectivity index (χ4n) is 2.92. The first-order valence-electron chi connectivity index (χ1n) is 9.25. The molecule has 0 spiro atoms. The fraction of sp³-hybridized carbons (Fsp3) is 0.0909. The number of benzene rings is 2. The smallest absolute Gasteiger partial charge is 0.254 e. The van der Waals surface area contributed by atoms with Crippen molar-refractivity contribution in [1.29, 1.82) is 0 Å². The van der Waals surface area contributed by atoms with Crippen molar-refractivity contribution in [3.63, 3.8) is 0 Å². The van der Waals surface area contributed by atoms with Gasteiger partial charge >= 0.3 is 0 Å². The predicted octanol–water partition coefficient (Wildman–Crippen LogP) is 3.59. The number of nitrogens with zero attached hydrogens (tertiary/aromatic N) is 4. The van der Waals surface area contributed by atoms with Gasteiger partial charge in [0.15, 0.2) is 0 Å². The lowest BCUT2D eigenvalue weighted by Crippen LogP contribution is -2.31. The number of amides is 1. The molecule has 4 aromatic rings. The van der Waals surface area contributed by atoms with Gasteiger partial charge in [-0.05, 0) is 23.8 Å². The second kappa shape index (κ2) is 8.79. The summed E-state index contributed by atoms with van der Waals surface area (Å²) in [7, 11) is 0. The van der Waals surface area contributed by atoms with E-state index in [0.29, 0.717) is 18.1 Å². The first kappa shape index (κ1) is 18.4. The maximum Gasteiger partial charge on any atom is 0.254 e. The van der Waals surface area contributed by atoms with Crippen LogP contribution < -0.4 is 10.6 Å². The highest BCUT2D eigenvalue weighted by molar-refractivity contribution is 5.94. The summed E-state index contributed by atoms with van der Waals surface area (Å²) in [4.78, 5) is 21.3. The summed E-state index contributed by atoms with van der Waals surface area (Å²) < 4.78 is 1.79. The molecule has 0 radical (unpaired) electrons. The van der Waals surface area contributed by atoms with Crippen LogP contribution in [0.4, 0.5) is 11.6 Å². The van der Waals surface area contributed by atoms with Crippen LogP contribution in [0.3, 0.4) is 0 Å². The Labute approximate surface area is 168 Å². The molecule has 0 aliphatic carbocycles. The quantitative estimate of drug-likeness (QED) is 0.509. The van der Waals surface area contributed by atoms with E-state index in [4.69, 9.17) is 0 Å². The molecule has 7 nitrogen and oxygen atoms in total. The highest BCUT2D eigenvalue weighted by Crippen LogP contribution is 2.16. The summed E-state index contributed by atoms with van der Waals surface area (Å²) in [5, 5.41) is 10.4. The average molecular weight is 384 g/mol. The van der Waals surface area contributed by atoms with Gasteiger partial charge < -0.3 is 10.6 Å². The monoisotopic (exact) mass is 384 g/mol. The van der Waals surface area contributed by atoms with Crippen LogP contribution in [-0.4, -0.2) is 25.7 Å². The molecule has 1 atom stereocenters. The summed E-state index contributed by atoms with van der Waals surface area (Å²) in [6, 6.07) is 21.1. The van der Waals surface area contributed by atoms with Crippen molar-refractivity contribution in [2.24, 2.45) is 0 Å². The lowest BCUT2D eigenvalue weighted by atomic mass is 10.1. The average Bonchev–Trinajstić information content (AvgIpc) is 3.28. The van der Waals surface area contributed by atoms with Crippen LogP contribution in [0.25, 0.3) is 0 Å². The molecule has 4 rings (SSSR count). The Kier molecular flexibility index (Phi) is 5.57. The van der Waals surface area contributed by atoms with Gasteiger partial charge in [0, 0.05) is 30.5 Å². The molecule has 0 bridgehead atoms. The number of anilines is 2. The summed E-state index contributed by atoms with van der Waals surface area (Å²) in [5.41, 5.74) is 2.28. The van der Waals surface area contributed by atoms with Crippen LogP contribution in [0.2, 0.25) is 0 Å². The van der Waals surface area contributed by atoms with Gasteiger partial charge in [0.05, 0.1) is 18.2 Å². The van der Waals surface area contributed by atoms with Gasteiger partial charge in [-0.25, -0.2) is 9.97 Å². The molecule has 2 aromatic carbocycles. The third kappa shape index (κ3) is 4.84. The van der Waals surface area contributed by atoms with Crippen molar-refractivity contribution in [3.05, 3.63) is 103 Å². The number of carbonyl (C=O) groups excluding carboxylic acids is 1. The minimum atomic E-state index is -0.239. The van der Waals surface area contributed by atoms with Crippen molar-refractivity contribution in [2.75, 3.05) is 5.32 Å². The van der Waals surface area contributed by atoms with E-state index in [1.54, 1.807) is 10.9 Å². The van der Waals surface area contributed by atoms with Crippen molar-refractivity contribution in [1.82, 2.24) is 25.1 Å². The number of para-hydroxylation sites is 1. The van der Waals surface area contributed by atoms with Gasteiger partial charge in [0.25, 0.3) is 5.91 Å². The molecular formula is C22H20N6O. The van der Waals surface area contributed by atoms with Crippen LogP contribution in [0, 0.1) is 0 Å². The van der Waals surface area contributed by atoms with E-state index in [0.717, 1.165) is 11.3 Å². The molecule has 0 aliphatic rings. The van der Waals surface area contributed by atoms with Crippen LogP contribution in [0.5, 0.6) is 0 Å². The zero-order valence-electron chi connectivity index (χ0n) is 15.6. The Balaban J connectivity index is 1.47. The Hall–Kier alpha value is -4.00. The van der Waals surface area contributed by atoms with E-state index in [1.807, 2.05) is 72.9 Å². The van der Waals surface area contributed by atoms with Gasteiger partial charge in [-0.2, -0.15) is 5.10 Å². The Morgan fingerprint density at radius 1 is 0.931 bits per heavy atom. The maximum absolute atomic E-state index is 12.8. The molecule has 144 valence electrons. The Morgan fingerprint density at radius 2 is 1.62 bits per heavy atom. The van der Waals surface area contributed by atoms with E-state index in [9.17, 15) is 4.79 Å². The standard InChI is InChI=1S/C22H20N6O/c29-21(18-14-23-22(24-15-18)26-19-10-5-2-6-11-19)27-20(16-28-13-7-12-25-28)17-8-3-1-4-9-17/h1-15,20H,16H2,(H,27,29)(H,23,24,26)/t20-/m0/s1. The van der Waals surface area contributed by atoms with Gasteiger partial charge in [-0.1, -0.05) is 48.5 Å². The van der Waals surface area contributed by atoms with Gasteiger partial charge in [0.2, 0.25) is 5.95 Å². The largest absolute Gasteiger partial charge is 0.343 e. The van der Waals surface area contributed by atoms with Crippen LogP contribution in [-0.2, 0) is 6.54 Å². The van der Waals surface area contributed by atoms with E-state index in [2.05, 4.69) is 25.7 Å². The van der Waals surface area contributed by atoms with Crippen molar-refractivity contribution < 1.29 is 4.79 Å². The SMILES string of the molecule is O=C(N[C@@H](Cn1cccn1)c1ccccc1)c1cnc(Nc2ccccc2)nc1. The zero-order valence-corrected chi connectivity index (χ0v) is 15.6. The third-order valence-electron chi connectivity index (χ3n) is 4.38. The maximum atomic E-state index is 12.8. The number of nitrogens with one attached hydrogen (secondary N) is 2. The number of hydrogen-bond donors (Lipinski definition) is 2. The molecule has 2 heterocycles. The lowest BCUT2D eigenvalue weighted by Gasteiger charge is -2.19. The summed E-state index contributed by atoms with van der Waals surface area (Å²) in [5.74, 6) is 0.196. The van der Waals surface area contributed by atoms with Gasteiger partial charge in [-0.3, -0.25) is 9.48 Å². The Bertz CT molecular complexity index is 1030. The van der Waals surface area contributed by atoms with Crippen LogP contribution in [0.1, 0.15) is 22.0 Å². The van der Waals surface area contributed by atoms with Crippen LogP contribution >= 0.6 is 0 Å². The second-order valence-corrected chi connectivity index (χ2v) is 6.45. The molecule has 0 saturated heterocycles. The van der Waals surface area contributed by atoms with E-state index < -0.39 is 0 Å². The fourth-order valence-corrected chi connectivity index (χ4v) is 2.92. The molecule has 0 saturated carbocycles. The predicted molar refractivity (Wildman–Crippen MR) is 111 cm³/mol. The number of hydrogen-bond acceptors (Lipinski definition) is 5. The molecule has 29 heavy (non-hydrogen) atoms. The highest BCUT2D eigenvalue weighted by Gasteiger charge is 2.17. The third-order valence-corrected chi connectivity index (χ3v) is 4.38. The van der Waals surface area contributed by atoms with Crippen LogP contribution in [0.15, 0.2) is 91.5 Å². The Morgan fingerprint density at radius 3 is 2.28 bits per heavy atom. The molecule has 2 N–H and O–H groups in total. The minimum absolute atomic E-state index is 0.231. The molecule has 1 amide bonds. The summed E-state index contributed by atoms with van der Waals surface area (Å²) in [6.07, 6.45) is 6.62. The molecule has 0 unspecified atom stereocenters. The number of aromatic nitrogens is 4. The molecule has 0 aliphatic heterocycles. The first-order valence-corrected chi connectivity index (χ1v) is 9.25. The van der Waals surface area contributed by atoms with Gasteiger partial charge in [-0.15, -0.1) is 0 Å². The van der Waals surface area contributed by atoms with Gasteiger partial charge in [0.1, 0.15) is 0 Å². The minimum Gasteiger partial charge on any atom is -0.343 e. The molecule has 2 aromatic heterocycles. The number of carbonyl (C=O) groups is 1. The number of rotatable bonds is 7. The molecule has 7 heteroatoms. The van der Waals surface area contributed by atoms with Crippen molar-refractivity contribution in [2.45, 2.75) is 12.6 Å². The van der Waals surface area contributed by atoms with E-state index in [1.165, 1.54) is 12.4 Å². The normalized spacial score (nSPS) is 11.6. The second-order valence-electron chi connectivity index (χ2n) is 6.45. The summed E-state index contributed by atoms with van der Waals surface area (Å²) >= 11 is 0. The zero-order chi connectivity index (χ0) is 19.9. The van der Waals surface area contributed by atoms with Crippen molar-refractivity contribution >= 4 is 17.5 Å². The van der Waals surface area contributed by atoms with E-state index in [-0.39, 0.29) is 11.9 Å². The molecule has 0 fully saturated rings. The molecular weight excluding hydrogens is 364 g/mol. The van der Waals surface area contributed by atoms with E-state index >= 15 is 0 Å². The summed E-state index contributed by atoms with van der Waals surface area (Å²) in [6.45, 7) is 0.525. The lowest BCUT2D eigenvalue weighted by molar-refractivity contribution is 0.0931. The highest BCUT2D eigenvalue weighted by atomic mass is 16.1. The topological polar surface area (TPSA) is 84.7 Å². The van der Waals surface area contributed by atoms with Crippen molar-refractivity contribution in [3.8, 4) is 0 Å². The first-order chi connectivity index (χ1) is 14.3.